The van der Waals surface area contributed by atoms with Gasteiger partial charge < -0.3 is 4.74 Å². The normalized spacial score (nSPS) is 10.2. The maximum absolute atomic E-state index is 11.7. The minimum absolute atomic E-state index is 0.222. The first-order chi connectivity index (χ1) is 7.70. The third-order valence-corrected chi connectivity index (χ3v) is 3.08. The quantitative estimate of drug-likeness (QED) is 0.611. The van der Waals surface area contributed by atoms with Crippen LogP contribution in [0.15, 0.2) is 18.2 Å². The summed E-state index contributed by atoms with van der Waals surface area (Å²) in [6.45, 7) is 4.22. The molecule has 1 rings (SSSR count). The zero-order chi connectivity index (χ0) is 12.0. The first-order valence-corrected chi connectivity index (χ1v) is 6.64. The molecule has 0 aliphatic rings. The van der Waals surface area contributed by atoms with Crippen LogP contribution in [0.5, 0.6) is 0 Å². The Morgan fingerprint density at radius 3 is 2.81 bits per heavy atom. The van der Waals surface area contributed by atoms with Crippen molar-refractivity contribution in [2.45, 2.75) is 26.7 Å². The van der Waals surface area contributed by atoms with Crippen molar-refractivity contribution in [1.82, 2.24) is 0 Å². The number of ether oxygens (including phenoxy) is 1. The number of benzene rings is 1. The molecule has 16 heavy (non-hydrogen) atoms. The number of aryl methyl sites for hydroxylation is 1. The number of rotatable bonds is 5. The smallest absolute Gasteiger partial charge is 0.338 e. The summed E-state index contributed by atoms with van der Waals surface area (Å²) in [4.78, 5) is 11.7. The summed E-state index contributed by atoms with van der Waals surface area (Å²) in [5, 5.41) is 0.982. The van der Waals surface area contributed by atoms with Gasteiger partial charge in [-0.25, -0.2) is 4.79 Å². The summed E-state index contributed by atoms with van der Waals surface area (Å²) in [5.74, 6) is -0.222. The first-order valence-electron chi connectivity index (χ1n) is 5.52. The van der Waals surface area contributed by atoms with E-state index in [1.54, 1.807) is 0 Å². The van der Waals surface area contributed by atoms with Crippen molar-refractivity contribution in [2.24, 2.45) is 0 Å². The highest BCUT2D eigenvalue weighted by molar-refractivity contribution is 9.09. The van der Waals surface area contributed by atoms with Crippen LogP contribution < -0.4 is 0 Å². The Bertz CT molecular complexity index is 361. The zero-order valence-electron chi connectivity index (χ0n) is 9.75. The molecule has 1 aromatic rings. The molecular formula is C13H17BrO2. The number of alkyl halides is 1. The molecule has 0 heterocycles. The second kappa shape index (κ2) is 6.69. The molecule has 0 aliphatic heterocycles. The topological polar surface area (TPSA) is 26.3 Å². The Morgan fingerprint density at radius 2 is 2.19 bits per heavy atom. The average Bonchev–Trinajstić information content (AvgIpc) is 2.28. The fourth-order valence-electron chi connectivity index (χ4n) is 1.64. The van der Waals surface area contributed by atoms with Crippen molar-refractivity contribution < 1.29 is 9.53 Å². The van der Waals surface area contributed by atoms with E-state index in [1.165, 1.54) is 5.56 Å². The standard InChI is InChI=1S/C13H17BrO2/c1-3-16-13(15)12-8-4-6-11(10(12)2)7-5-9-14/h4,6,8H,3,5,7,9H2,1-2H3. The van der Waals surface area contributed by atoms with Crippen LogP contribution in [-0.4, -0.2) is 17.9 Å². The molecule has 1 aromatic carbocycles. The molecule has 0 N–H and O–H groups in total. The second-order valence-corrected chi connectivity index (χ2v) is 4.40. The van der Waals surface area contributed by atoms with Gasteiger partial charge in [-0.15, -0.1) is 0 Å². The molecule has 0 saturated carbocycles. The molecule has 0 fully saturated rings. The molecule has 0 unspecified atom stereocenters. The average molecular weight is 285 g/mol. The molecular weight excluding hydrogens is 268 g/mol. The number of esters is 1. The van der Waals surface area contributed by atoms with E-state index >= 15 is 0 Å². The van der Waals surface area contributed by atoms with E-state index in [0.29, 0.717) is 12.2 Å². The number of hydrogen-bond donors (Lipinski definition) is 0. The predicted octanol–water partition coefficient (Wildman–Crippen LogP) is 3.50. The van der Waals surface area contributed by atoms with Crippen molar-refractivity contribution in [3.63, 3.8) is 0 Å². The number of hydrogen-bond acceptors (Lipinski definition) is 2. The van der Waals surface area contributed by atoms with Gasteiger partial charge in [0, 0.05) is 5.33 Å². The summed E-state index contributed by atoms with van der Waals surface area (Å²) in [7, 11) is 0. The molecule has 0 aliphatic carbocycles. The zero-order valence-corrected chi connectivity index (χ0v) is 11.3. The van der Waals surface area contributed by atoms with Crippen LogP contribution in [0.1, 0.15) is 34.8 Å². The fraction of sp³-hybridized carbons (Fsp3) is 0.462. The van der Waals surface area contributed by atoms with Gasteiger partial charge in [0.2, 0.25) is 0 Å². The van der Waals surface area contributed by atoms with Gasteiger partial charge in [0.1, 0.15) is 0 Å². The Kier molecular flexibility index (Phi) is 5.53. The lowest BCUT2D eigenvalue weighted by atomic mass is 9.99. The minimum atomic E-state index is -0.222. The molecule has 3 heteroatoms. The van der Waals surface area contributed by atoms with E-state index in [9.17, 15) is 4.79 Å². The molecule has 0 atom stereocenters. The highest BCUT2D eigenvalue weighted by Crippen LogP contribution is 2.16. The van der Waals surface area contributed by atoms with Gasteiger partial charge in [-0.1, -0.05) is 28.1 Å². The van der Waals surface area contributed by atoms with Crippen LogP contribution in [0.3, 0.4) is 0 Å². The van der Waals surface area contributed by atoms with E-state index < -0.39 is 0 Å². The third-order valence-electron chi connectivity index (χ3n) is 2.52. The summed E-state index contributed by atoms with van der Waals surface area (Å²) in [6, 6.07) is 5.81. The van der Waals surface area contributed by atoms with Crippen molar-refractivity contribution >= 4 is 21.9 Å². The minimum Gasteiger partial charge on any atom is -0.462 e. The van der Waals surface area contributed by atoms with Crippen molar-refractivity contribution in [3.05, 3.63) is 34.9 Å². The summed E-state index contributed by atoms with van der Waals surface area (Å²) in [5.41, 5.74) is 2.96. The Hall–Kier alpha value is -0.830. The lowest BCUT2D eigenvalue weighted by molar-refractivity contribution is 0.0525. The first kappa shape index (κ1) is 13.2. The Balaban J connectivity index is 2.89. The van der Waals surface area contributed by atoms with Crippen LogP contribution in [0.2, 0.25) is 0 Å². The van der Waals surface area contributed by atoms with Crippen LogP contribution in [0, 0.1) is 6.92 Å². The predicted molar refractivity (Wildman–Crippen MR) is 69.3 cm³/mol. The molecule has 0 radical (unpaired) electrons. The molecule has 2 nitrogen and oxygen atoms in total. The third kappa shape index (κ3) is 3.34. The lowest BCUT2D eigenvalue weighted by Gasteiger charge is -2.09. The number of halogens is 1. The maximum Gasteiger partial charge on any atom is 0.338 e. The molecule has 0 aromatic heterocycles. The second-order valence-electron chi connectivity index (χ2n) is 3.60. The number of carbonyl (C=O) groups is 1. The van der Waals surface area contributed by atoms with Gasteiger partial charge >= 0.3 is 5.97 Å². The van der Waals surface area contributed by atoms with E-state index in [0.717, 1.165) is 23.7 Å². The molecule has 0 bridgehead atoms. The van der Waals surface area contributed by atoms with Gasteiger partial charge in [0.15, 0.2) is 0 Å². The summed E-state index contributed by atoms with van der Waals surface area (Å²) >= 11 is 3.41. The van der Waals surface area contributed by atoms with Gasteiger partial charge in [-0.3, -0.25) is 0 Å². The van der Waals surface area contributed by atoms with Gasteiger partial charge in [-0.2, -0.15) is 0 Å². The molecule has 0 amide bonds. The highest BCUT2D eigenvalue weighted by Gasteiger charge is 2.11. The molecule has 0 saturated heterocycles. The maximum atomic E-state index is 11.7. The van der Waals surface area contributed by atoms with Crippen molar-refractivity contribution in [1.29, 1.82) is 0 Å². The van der Waals surface area contributed by atoms with E-state index in [2.05, 4.69) is 22.0 Å². The van der Waals surface area contributed by atoms with Crippen LogP contribution in [0.25, 0.3) is 0 Å². The summed E-state index contributed by atoms with van der Waals surface area (Å²) in [6.07, 6.45) is 2.07. The Morgan fingerprint density at radius 1 is 1.44 bits per heavy atom. The van der Waals surface area contributed by atoms with Gasteiger partial charge in [0.25, 0.3) is 0 Å². The van der Waals surface area contributed by atoms with Crippen LogP contribution >= 0.6 is 15.9 Å². The van der Waals surface area contributed by atoms with Crippen LogP contribution in [-0.2, 0) is 11.2 Å². The number of carbonyl (C=O) groups excluding carboxylic acids is 1. The largest absolute Gasteiger partial charge is 0.462 e. The van der Waals surface area contributed by atoms with E-state index in [4.69, 9.17) is 4.74 Å². The monoisotopic (exact) mass is 284 g/mol. The summed E-state index contributed by atoms with van der Waals surface area (Å²) < 4.78 is 5.02. The fourth-order valence-corrected chi connectivity index (χ4v) is 1.92. The van der Waals surface area contributed by atoms with Crippen molar-refractivity contribution in [3.8, 4) is 0 Å². The van der Waals surface area contributed by atoms with Gasteiger partial charge in [-0.05, 0) is 43.9 Å². The lowest BCUT2D eigenvalue weighted by Crippen LogP contribution is -2.08. The molecule has 0 spiro atoms. The van der Waals surface area contributed by atoms with Crippen LogP contribution in [0.4, 0.5) is 0 Å². The molecule has 88 valence electrons. The van der Waals surface area contributed by atoms with E-state index in [1.807, 2.05) is 26.0 Å². The van der Waals surface area contributed by atoms with Crippen molar-refractivity contribution in [2.75, 3.05) is 11.9 Å². The van der Waals surface area contributed by atoms with Gasteiger partial charge in [0.05, 0.1) is 12.2 Å². The van der Waals surface area contributed by atoms with E-state index in [-0.39, 0.29) is 5.97 Å². The highest BCUT2D eigenvalue weighted by atomic mass is 79.9. The Labute approximate surface area is 105 Å². The SMILES string of the molecule is CCOC(=O)c1cccc(CCCBr)c1C.